The van der Waals surface area contributed by atoms with Crippen LogP contribution in [0.25, 0.3) is 0 Å². The van der Waals surface area contributed by atoms with Crippen LogP contribution < -0.4 is 31.3 Å². The van der Waals surface area contributed by atoms with Gasteiger partial charge in [-0.1, -0.05) is 152 Å². The molecule has 5 aromatic carbocycles. The second-order valence-electron chi connectivity index (χ2n) is 10.1. The van der Waals surface area contributed by atoms with E-state index in [1.165, 1.54) is 37.4 Å². The van der Waals surface area contributed by atoms with E-state index in [1.54, 1.807) is 7.11 Å². The van der Waals surface area contributed by atoms with Crippen molar-refractivity contribution >= 4 is 42.4 Å². The van der Waals surface area contributed by atoms with E-state index >= 15 is 0 Å². The van der Waals surface area contributed by atoms with Crippen molar-refractivity contribution in [1.29, 1.82) is 0 Å². The molecule has 0 aliphatic heterocycles. The van der Waals surface area contributed by atoms with Gasteiger partial charge in [-0.3, -0.25) is 0 Å². The van der Waals surface area contributed by atoms with Crippen LogP contribution in [0.1, 0.15) is 11.5 Å². The van der Waals surface area contributed by atoms with Gasteiger partial charge in [-0.2, -0.15) is 0 Å². The standard InChI is InChI=1S/C38H34O2P2/c1-39-33-25-15-27-35(41(29-17-7-3-8-18-29)30-19-9-4-10-20-30)37(33)38-34(40-2)26-16-28-36(38)42(31-21-11-5-12-22-31)32-23-13-6-14-24-32/h3-28,33,37H,1-2H3. The van der Waals surface area contributed by atoms with E-state index in [0.29, 0.717) is 0 Å². The summed E-state index contributed by atoms with van der Waals surface area (Å²) in [6.07, 6.45) is 6.56. The molecule has 0 saturated carbocycles. The van der Waals surface area contributed by atoms with E-state index in [2.05, 4.69) is 158 Å². The summed E-state index contributed by atoms with van der Waals surface area (Å²) >= 11 is 0. The fourth-order valence-corrected chi connectivity index (χ4v) is 10.9. The third-order valence-electron chi connectivity index (χ3n) is 7.62. The zero-order chi connectivity index (χ0) is 28.7. The van der Waals surface area contributed by atoms with Gasteiger partial charge in [0.15, 0.2) is 0 Å². The van der Waals surface area contributed by atoms with Crippen molar-refractivity contribution in [3.8, 4) is 5.75 Å². The third kappa shape index (κ3) is 5.77. The van der Waals surface area contributed by atoms with Gasteiger partial charge in [-0.15, -0.1) is 0 Å². The Kier molecular flexibility index (Phi) is 9.07. The number of rotatable bonds is 9. The van der Waals surface area contributed by atoms with Crippen molar-refractivity contribution in [2.45, 2.75) is 12.0 Å². The molecular weight excluding hydrogens is 550 g/mol. The average molecular weight is 585 g/mol. The molecule has 4 heteroatoms. The topological polar surface area (TPSA) is 18.5 Å². The summed E-state index contributed by atoms with van der Waals surface area (Å²) in [6.45, 7) is 0. The van der Waals surface area contributed by atoms with Crippen LogP contribution in [0.15, 0.2) is 163 Å². The van der Waals surface area contributed by atoms with Gasteiger partial charge in [-0.25, -0.2) is 0 Å². The normalized spacial score (nSPS) is 16.4. The largest absolute Gasteiger partial charge is 0.496 e. The van der Waals surface area contributed by atoms with E-state index < -0.39 is 15.8 Å². The lowest BCUT2D eigenvalue weighted by Gasteiger charge is -2.37. The van der Waals surface area contributed by atoms with Crippen LogP contribution in [-0.4, -0.2) is 20.3 Å². The first kappa shape index (κ1) is 28.3. The van der Waals surface area contributed by atoms with E-state index in [1.807, 2.05) is 7.11 Å². The number of benzene rings is 5. The first-order valence-corrected chi connectivity index (χ1v) is 16.9. The highest BCUT2D eigenvalue weighted by Gasteiger charge is 2.37. The molecule has 0 aromatic heterocycles. The average Bonchev–Trinajstić information content (AvgIpc) is 3.07. The first-order chi connectivity index (χ1) is 20.8. The highest BCUT2D eigenvalue weighted by molar-refractivity contribution is 7.80. The maximum atomic E-state index is 6.29. The summed E-state index contributed by atoms with van der Waals surface area (Å²) in [7, 11) is 1.91. The number of allylic oxidation sites excluding steroid dienone is 2. The quantitative estimate of drug-likeness (QED) is 0.172. The molecular formula is C38H34O2P2. The molecule has 0 spiro atoms. The number of hydrogen-bond acceptors (Lipinski definition) is 2. The minimum Gasteiger partial charge on any atom is -0.496 e. The third-order valence-corrected chi connectivity index (χ3v) is 12.7. The Bertz CT molecular complexity index is 1570. The van der Waals surface area contributed by atoms with E-state index in [9.17, 15) is 0 Å². The summed E-state index contributed by atoms with van der Waals surface area (Å²) in [4.78, 5) is 0. The van der Waals surface area contributed by atoms with Crippen LogP contribution >= 0.6 is 15.8 Å². The highest BCUT2D eigenvalue weighted by atomic mass is 31.1. The molecule has 0 bridgehead atoms. The van der Waals surface area contributed by atoms with Crippen molar-refractivity contribution in [2.75, 3.05) is 14.2 Å². The maximum absolute atomic E-state index is 6.29. The lowest BCUT2D eigenvalue weighted by Crippen LogP contribution is -2.32. The van der Waals surface area contributed by atoms with Gasteiger partial charge >= 0.3 is 0 Å². The first-order valence-electron chi connectivity index (χ1n) is 14.2. The molecule has 2 atom stereocenters. The molecule has 0 N–H and O–H groups in total. The van der Waals surface area contributed by atoms with Gasteiger partial charge in [0.2, 0.25) is 0 Å². The summed E-state index contributed by atoms with van der Waals surface area (Å²) in [5.74, 6) is 0.867. The Morgan fingerprint density at radius 3 is 1.45 bits per heavy atom. The molecule has 208 valence electrons. The lowest BCUT2D eigenvalue weighted by molar-refractivity contribution is 0.126. The minimum atomic E-state index is -0.864. The minimum absolute atomic E-state index is 0.0323. The molecule has 0 amide bonds. The van der Waals surface area contributed by atoms with Crippen LogP contribution in [-0.2, 0) is 4.74 Å². The summed E-state index contributed by atoms with van der Waals surface area (Å²) in [5, 5.41) is 7.93. The predicted molar refractivity (Wildman–Crippen MR) is 182 cm³/mol. The summed E-state index contributed by atoms with van der Waals surface area (Å²) in [6, 6.07) is 50.2. The van der Waals surface area contributed by atoms with Crippen LogP contribution in [0.2, 0.25) is 0 Å². The molecule has 6 rings (SSSR count). The molecule has 42 heavy (non-hydrogen) atoms. The fourth-order valence-electron chi connectivity index (χ4n) is 5.79. The van der Waals surface area contributed by atoms with Gasteiger partial charge in [-0.05, 0) is 53.7 Å². The van der Waals surface area contributed by atoms with Crippen molar-refractivity contribution in [2.24, 2.45) is 0 Å². The Morgan fingerprint density at radius 1 is 0.524 bits per heavy atom. The SMILES string of the molecule is COc1cccc(P(c2ccccc2)c2ccccc2)c1C1C(P(c2ccccc2)c2ccccc2)=CC=CC1OC. The molecule has 2 nitrogen and oxygen atoms in total. The van der Waals surface area contributed by atoms with Gasteiger partial charge in [0.25, 0.3) is 0 Å². The van der Waals surface area contributed by atoms with Crippen LogP contribution in [0, 0.1) is 0 Å². The predicted octanol–water partition coefficient (Wildman–Crippen LogP) is 7.14. The fraction of sp³-hybridized carbons (Fsp3) is 0.105. The summed E-state index contributed by atoms with van der Waals surface area (Å²) in [5.41, 5.74) is 1.21. The second-order valence-corrected chi connectivity index (χ2v) is 14.5. The van der Waals surface area contributed by atoms with E-state index in [4.69, 9.17) is 9.47 Å². The van der Waals surface area contributed by atoms with Gasteiger partial charge in [0, 0.05) is 18.6 Å². The Morgan fingerprint density at radius 2 is 1.00 bits per heavy atom. The number of hydrogen-bond donors (Lipinski definition) is 0. The van der Waals surface area contributed by atoms with Gasteiger partial charge in [0.1, 0.15) is 5.75 Å². The van der Waals surface area contributed by atoms with E-state index in [-0.39, 0.29) is 12.0 Å². The molecule has 0 radical (unpaired) electrons. The molecule has 0 heterocycles. The Hall–Kier alpha value is -3.80. The molecule has 5 aromatic rings. The molecule has 1 aliphatic rings. The summed E-state index contributed by atoms with van der Waals surface area (Å²) < 4.78 is 12.5. The van der Waals surface area contributed by atoms with Gasteiger partial charge in [0.05, 0.1) is 13.2 Å². The van der Waals surface area contributed by atoms with Crippen molar-refractivity contribution < 1.29 is 9.47 Å². The molecule has 1 aliphatic carbocycles. The number of ether oxygens (including phenoxy) is 2. The highest BCUT2D eigenvalue weighted by Crippen LogP contribution is 2.55. The molecule has 0 fully saturated rings. The van der Waals surface area contributed by atoms with Crippen molar-refractivity contribution in [3.05, 3.63) is 169 Å². The second kappa shape index (κ2) is 13.5. The Labute approximate surface area is 251 Å². The van der Waals surface area contributed by atoms with Crippen LogP contribution in [0.5, 0.6) is 5.75 Å². The van der Waals surface area contributed by atoms with Crippen molar-refractivity contribution in [1.82, 2.24) is 0 Å². The zero-order valence-corrected chi connectivity index (χ0v) is 25.7. The Balaban J connectivity index is 1.61. The van der Waals surface area contributed by atoms with E-state index in [0.717, 1.165) is 5.75 Å². The molecule has 0 saturated heterocycles. The zero-order valence-electron chi connectivity index (χ0n) is 23.9. The van der Waals surface area contributed by atoms with Crippen molar-refractivity contribution in [3.63, 3.8) is 0 Å². The molecule has 2 unspecified atom stereocenters. The maximum Gasteiger partial charge on any atom is 0.123 e. The number of methoxy groups -OCH3 is 2. The smallest absolute Gasteiger partial charge is 0.123 e. The van der Waals surface area contributed by atoms with Crippen LogP contribution in [0.3, 0.4) is 0 Å². The van der Waals surface area contributed by atoms with Gasteiger partial charge < -0.3 is 9.47 Å². The lowest BCUT2D eigenvalue weighted by atomic mass is 9.88. The van der Waals surface area contributed by atoms with Crippen LogP contribution in [0.4, 0.5) is 0 Å². The monoisotopic (exact) mass is 584 g/mol.